The standard InChI is InChI=1S/C22H30IO3P/c1-2-3-4-5-6-7-14-19-22(23)26-27(24-20-15-10-8-11-16-20)25-21-17-12-9-13-18-21/h8-13,15-18,22H,2-7,14,19H2,1H3. The van der Waals surface area contributed by atoms with Crippen LogP contribution in [-0.4, -0.2) is 4.11 Å². The molecule has 0 aliphatic heterocycles. The second kappa shape index (κ2) is 14.2. The lowest BCUT2D eigenvalue weighted by Gasteiger charge is -2.20. The lowest BCUT2D eigenvalue weighted by molar-refractivity contribution is 0.245. The van der Waals surface area contributed by atoms with Crippen LogP contribution in [0, 0.1) is 0 Å². The minimum absolute atomic E-state index is 0.0803. The first-order chi connectivity index (χ1) is 13.3. The van der Waals surface area contributed by atoms with Gasteiger partial charge in [-0.25, -0.2) is 0 Å². The molecule has 0 aliphatic rings. The fourth-order valence-corrected chi connectivity index (χ4v) is 4.61. The second-order valence-electron chi connectivity index (χ2n) is 6.46. The van der Waals surface area contributed by atoms with Crippen LogP contribution in [0.1, 0.15) is 58.3 Å². The van der Waals surface area contributed by atoms with Gasteiger partial charge in [0, 0.05) is 0 Å². The van der Waals surface area contributed by atoms with Crippen LogP contribution < -0.4 is 9.05 Å². The zero-order chi connectivity index (χ0) is 19.2. The maximum atomic E-state index is 6.11. The van der Waals surface area contributed by atoms with Crippen molar-refractivity contribution in [3.8, 4) is 11.5 Å². The van der Waals surface area contributed by atoms with E-state index in [0.717, 1.165) is 17.9 Å². The molecule has 0 spiro atoms. The quantitative estimate of drug-likeness (QED) is 0.113. The summed E-state index contributed by atoms with van der Waals surface area (Å²) in [5.41, 5.74) is 0. The highest BCUT2D eigenvalue weighted by Gasteiger charge is 2.21. The van der Waals surface area contributed by atoms with Gasteiger partial charge in [0.1, 0.15) is 15.6 Å². The fourth-order valence-electron chi connectivity index (χ4n) is 2.60. The smallest absolute Gasteiger partial charge is 0.418 e. The first kappa shape index (κ1) is 22.4. The van der Waals surface area contributed by atoms with Gasteiger partial charge in [0.25, 0.3) is 0 Å². The molecule has 2 aromatic rings. The molecular formula is C22H30IO3P. The monoisotopic (exact) mass is 500 g/mol. The van der Waals surface area contributed by atoms with Crippen LogP contribution in [0.5, 0.6) is 11.5 Å². The van der Waals surface area contributed by atoms with Gasteiger partial charge in [-0.3, -0.25) is 4.52 Å². The van der Waals surface area contributed by atoms with Crippen molar-refractivity contribution in [2.45, 2.75) is 62.4 Å². The van der Waals surface area contributed by atoms with E-state index in [1.165, 1.54) is 44.9 Å². The van der Waals surface area contributed by atoms with Gasteiger partial charge in [-0.2, -0.15) is 0 Å². The van der Waals surface area contributed by atoms with E-state index < -0.39 is 8.60 Å². The van der Waals surface area contributed by atoms with Gasteiger partial charge in [0.15, 0.2) is 0 Å². The summed E-state index contributed by atoms with van der Waals surface area (Å²) in [6.07, 6.45) is 10.2. The van der Waals surface area contributed by atoms with Gasteiger partial charge in [0.2, 0.25) is 0 Å². The van der Waals surface area contributed by atoms with Crippen LogP contribution >= 0.6 is 31.2 Å². The third kappa shape index (κ3) is 10.3. The topological polar surface area (TPSA) is 27.7 Å². The largest absolute Gasteiger partial charge is 0.464 e. The Hall–Kier alpha value is -0.840. The normalized spacial score (nSPS) is 12.1. The third-order valence-corrected chi connectivity index (χ3v) is 6.51. The zero-order valence-electron chi connectivity index (χ0n) is 16.1. The van der Waals surface area contributed by atoms with Crippen molar-refractivity contribution in [2.24, 2.45) is 0 Å². The van der Waals surface area contributed by atoms with E-state index in [4.69, 9.17) is 13.6 Å². The molecule has 0 heterocycles. The predicted octanol–water partition coefficient (Wildman–Crippen LogP) is 8.29. The van der Waals surface area contributed by atoms with Gasteiger partial charge < -0.3 is 9.05 Å². The average molecular weight is 500 g/mol. The van der Waals surface area contributed by atoms with Gasteiger partial charge in [0.05, 0.1) is 0 Å². The van der Waals surface area contributed by atoms with Crippen molar-refractivity contribution in [1.82, 2.24) is 0 Å². The lowest BCUT2D eigenvalue weighted by atomic mass is 10.1. The number of benzene rings is 2. The van der Waals surface area contributed by atoms with Crippen LogP contribution in [0.2, 0.25) is 0 Å². The third-order valence-electron chi connectivity index (χ3n) is 4.08. The van der Waals surface area contributed by atoms with Gasteiger partial charge in [-0.05, 0) is 30.7 Å². The summed E-state index contributed by atoms with van der Waals surface area (Å²) in [6, 6.07) is 19.4. The van der Waals surface area contributed by atoms with Gasteiger partial charge in [-0.15, -0.1) is 0 Å². The minimum Gasteiger partial charge on any atom is -0.418 e. The lowest BCUT2D eigenvalue weighted by Crippen LogP contribution is -2.07. The van der Waals surface area contributed by atoms with Crippen molar-refractivity contribution in [2.75, 3.05) is 0 Å². The molecule has 0 N–H and O–H groups in total. The average Bonchev–Trinajstić information content (AvgIpc) is 2.69. The first-order valence-corrected chi connectivity index (χ1v) is 12.2. The van der Waals surface area contributed by atoms with Gasteiger partial charge >= 0.3 is 8.60 Å². The number of hydrogen-bond donors (Lipinski definition) is 0. The van der Waals surface area contributed by atoms with Crippen molar-refractivity contribution in [1.29, 1.82) is 0 Å². The number of alkyl halides is 1. The Morgan fingerprint density at radius 3 is 1.74 bits per heavy atom. The zero-order valence-corrected chi connectivity index (χ0v) is 19.1. The van der Waals surface area contributed by atoms with Crippen molar-refractivity contribution in [3.05, 3.63) is 60.7 Å². The Morgan fingerprint density at radius 1 is 0.741 bits per heavy atom. The number of rotatable bonds is 14. The molecule has 0 radical (unpaired) electrons. The number of para-hydroxylation sites is 2. The number of unbranched alkanes of at least 4 members (excludes halogenated alkanes) is 6. The molecule has 5 heteroatoms. The molecule has 3 nitrogen and oxygen atoms in total. The molecule has 27 heavy (non-hydrogen) atoms. The molecule has 1 unspecified atom stereocenters. The molecular weight excluding hydrogens is 470 g/mol. The molecule has 2 aromatic carbocycles. The molecule has 0 saturated carbocycles. The second-order valence-corrected chi connectivity index (χ2v) is 8.87. The van der Waals surface area contributed by atoms with E-state index in [0.29, 0.717) is 0 Å². The van der Waals surface area contributed by atoms with E-state index in [-0.39, 0.29) is 4.11 Å². The molecule has 148 valence electrons. The summed E-state index contributed by atoms with van der Waals surface area (Å²) in [6.45, 7) is 2.26. The number of hydrogen-bond acceptors (Lipinski definition) is 3. The fraction of sp³-hybridized carbons (Fsp3) is 0.455. The van der Waals surface area contributed by atoms with E-state index in [1.807, 2.05) is 60.7 Å². The summed E-state index contributed by atoms with van der Waals surface area (Å²) >= 11 is 2.35. The van der Waals surface area contributed by atoms with Gasteiger partial charge in [-0.1, -0.05) is 111 Å². The maximum Gasteiger partial charge on any atom is 0.464 e. The Bertz CT molecular complexity index is 556. The number of halogens is 1. The predicted molar refractivity (Wildman–Crippen MR) is 123 cm³/mol. The summed E-state index contributed by atoms with van der Waals surface area (Å²) in [4.78, 5) is 0. The minimum atomic E-state index is -1.49. The molecule has 2 rings (SSSR count). The van der Waals surface area contributed by atoms with Crippen LogP contribution in [0.4, 0.5) is 0 Å². The summed E-state index contributed by atoms with van der Waals surface area (Å²) in [5, 5.41) is 0. The Kier molecular flexibility index (Phi) is 11.8. The molecule has 0 aliphatic carbocycles. The summed E-state index contributed by atoms with van der Waals surface area (Å²) in [7, 11) is -1.49. The highest BCUT2D eigenvalue weighted by molar-refractivity contribution is 14.1. The molecule has 0 amide bonds. The Morgan fingerprint density at radius 2 is 1.22 bits per heavy atom. The molecule has 0 saturated heterocycles. The SMILES string of the molecule is CCCCCCCCCC(I)OP(Oc1ccccc1)Oc1ccccc1. The molecule has 0 bridgehead atoms. The molecule has 0 fully saturated rings. The molecule has 0 aromatic heterocycles. The van der Waals surface area contributed by atoms with Crippen LogP contribution in [0.3, 0.4) is 0 Å². The first-order valence-electron chi connectivity index (χ1n) is 9.85. The highest BCUT2D eigenvalue weighted by Crippen LogP contribution is 2.44. The van der Waals surface area contributed by atoms with E-state index in [1.54, 1.807) is 0 Å². The summed E-state index contributed by atoms with van der Waals surface area (Å²) in [5.74, 6) is 1.53. The van der Waals surface area contributed by atoms with Crippen molar-refractivity contribution in [3.63, 3.8) is 0 Å². The van der Waals surface area contributed by atoms with E-state index >= 15 is 0 Å². The Balaban J connectivity index is 1.78. The summed E-state index contributed by atoms with van der Waals surface area (Å²) < 4.78 is 18.1. The molecule has 1 atom stereocenters. The van der Waals surface area contributed by atoms with E-state index in [2.05, 4.69) is 29.5 Å². The van der Waals surface area contributed by atoms with E-state index in [9.17, 15) is 0 Å². The van der Waals surface area contributed by atoms with Crippen molar-refractivity contribution < 1.29 is 13.6 Å². The van der Waals surface area contributed by atoms with Crippen LogP contribution in [-0.2, 0) is 4.52 Å². The highest BCUT2D eigenvalue weighted by atomic mass is 127. The van der Waals surface area contributed by atoms with Crippen LogP contribution in [0.25, 0.3) is 0 Å². The Labute approximate surface area is 179 Å². The van der Waals surface area contributed by atoms with Crippen LogP contribution in [0.15, 0.2) is 60.7 Å². The van der Waals surface area contributed by atoms with Crippen molar-refractivity contribution >= 4 is 31.2 Å². The maximum absolute atomic E-state index is 6.11.